The molecule has 0 radical (unpaired) electrons. The molecule has 0 spiro atoms. The number of hydrogen-bond acceptors (Lipinski definition) is 8. The number of hydrogen-bond donors (Lipinski definition) is 4. The lowest BCUT2D eigenvalue weighted by Gasteiger charge is -2.41. The van der Waals surface area contributed by atoms with Gasteiger partial charge in [0.05, 0.1) is 42.7 Å². The average Bonchev–Trinajstić information content (AvgIpc) is 3.57. The summed E-state index contributed by atoms with van der Waals surface area (Å²) in [4.78, 5) is 58.0. The molecule has 0 aromatic heterocycles. The van der Waals surface area contributed by atoms with Gasteiger partial charge in [-0.3, -0.25) is 19.2 Å². The zero-order valence-electron chi connectivity index (χ0n) is 32.3. The Morgan fingerprint density at radius 3 is 2.16 bits per heavy atom. The van der Waals surface area contributed by atoms with E-state index in [4.69, 9.17) is 9.47 Å². The third-order valence-corrected chi connectivity index (χ3v) is 10.4. The number of methoxy groups -OCH3 is 2. The average molecular weight is 704 g/mol. The van der Waals surface area contributed by atoms with Crippen molar-refractivity contribution in [3.8, 4) is 5.75 Å². The Balaban J connectivity index is 2.20. The van der Waals surface area contributed by atoms with Crippen molar-refractivity contribution in [2.75, 3.05) is 41.4 Å². The summed E-state index contributed by atoms with van der Waals surface area (Å²) < 4.78 is 11.9. The molecule has 1 aliphatic heterocycles. The summed E-state index contributed by atoms with van der Waals surface area (Å²) >= 11 is 0. The number of para-hydroxylation sites is 1. The molecule has 1 aliphatic rings. The van der Waals surface area contributed by atoms with Crippen molar-refractivity contribution in [3.63, 3.8) is 0 Å². The first-order valence-corrected chi connectivity index (χ1v) is 18.3. The lowest BCUT2D eigenvalue weighted by Crippen LogP contribution is -2.59. The molecular weight excluding hydrogens is 638 g/mol. The number of likely N-dealkylation sites (N-methyl/N-ethyl adjacent to an activating group) is 2. The van der Waals surface area contributed by atoms with Crippen LogP contribution in [-0.2, 0) is 35.1 Å². The number of rotatable bonds is 20. The van der Waals surface area contributed by atoms with E-state index in [0.717, 1.165) is 18.4 Å². The van der Waals surface area contributed by atoms with E-state index in [1.165, 1.54) is 0 Å². The molecule has 1 aromatic rings. The summed E-state index contributed by atoms with van der Waals surface area (Å²) in [7, 11) is 6.60. The number of benzene rings is 1. The minimum absolute atomic E-state index is 0.00597. The molecule has 1 heterocycles. The summed E-state index contributed by atoms with van der Waals surface area (Å²) in [5.41, 5.74) is 0.755. The van der Waals surface area contributed by atoms with Gasteiger partial charge in [0.25, 0.3) is 0 Å². The molecule has 1 fully saturated rings. The van der Waals surface area contributed by atoms with Crippen LogP contribution < -0.4 is 16.0 Å². The number of amides is 4. The lowest BCUT2D eigenvalue weighted by atomic mass is 9.89. The molecule has 284 valence electrons. The fourth-order valence-electron chi connectivity index (χ4n) is 7.25. The van der Waals surface area contributed by atoms with Gasteiger partial charge in [0.15, 0.2) is 0 Å². The predicted octanol–water partition coefficient (Wildman–Crippen LogP) is 3.36. The highest BCUT2D eigenvalue weighted by Gasteiger charge is 2.43. The topological polar surface area (TPSA) is 150 Å². The minimum atomic E-state index is -0.752. The molecule has 4 N–H and O–H groups in total. The zero-order chi connectivity index (χ0) is 37.7. The fourth-order valence-corrected chi connectivity index (χ4v) is 7.25. The molecule has 8 atom stereocenters. The number of phenolic OH excluding ortho intramolecular Hbond substituents is 1. The van der Waals surface area contributed by atoms with E-state index in [9.17, 15) is 24.3 Å². The van der Waals surface area contributed by atoms with Crippen LogP contribution in [-0.4, -0.2) is 116 Å². The van der Waals surface area contributed by atoms with Crippen LogP contribution in [0.25, 0.3) is 0 Å². The maximum Gasteiger partial charge on any atom is 0.245 e. The molecular formula is C38H65N5O7. The van der Waals surface area contributed by atoms with Crippen LogP contribution in [0, 0.1) is 23.7 Å². The standard InChI is InChI=1S/C38H65N5O7/c1-12-25(6)34(42(9)38(48)33(24(4)5)41-37(47)32(39-8)23(2)3)30(49-10)22-31(45)43-21-15-17-28(43)35(50-11)26(7)36(46)40-20-19-27-16-13-14-18-29(27)44/h13-14,16,18,23-26,28,30,32-35,39,44H,12,15,17,19-22H2,1-11H3,(H,40,46)(H,41,47). The maximum absolute atomic E-state index is 14.1. The number of likely N-dealkylation sites (tertiary alicyclic amines) is 1. The fraction of sp³-hybridized carbons (Fsp3) is 0.737. The Hall–Kier alpha value is -3.22. The number of phenols is 1. The summed E-state index contributed by atoms with van der Waals surface area (Å²) in [6.07, 6.45) is 1.64. The molecule has 1 aromatic carbocycles. The van der Waals surface area contributed by atoms with Gasteiger partial charge in [0.2, 0.25) is 23.6 Å². The monoisotopic (exact) mass is 703 g/mol. The first-order valence-electron chi connectivity index (χ1n) is 18.3. The van der Waals surface area contributed by atoms with Crippen molar-refractivity contribution in [2.45, 2.75) is 117 Å². The van der Waals surface area contributed by atoms with Crippen LogP contribution in [0.3, 0.4) is 0 Å². The number of aromatic hydroxyl groups is 1. The summed E-state index contributed by atoms with van der Waals surface area (Å²) in [5.74, 6) is -1.23. The highest BCUT2D eigenvalue weighted by Crippen LogP contribution is 2.29. The normalized spacial score (nSPS) is 19.0. The van der Waals surface area contributed by atoms with Gasteiger partial charge in [-0.15, -0.1) is 0 Å². The number of nitrogens with one attached hydrogen (secondary N) is 3. The van der Waals surface area contributed by atoms with E-state index in [0.29, 0.717) is 25.9 Å². The third-order valence-electron chi connectivity index (χ3n) is 10.4. The second kappa shape index (κ2) is 20.6. The van der Waals surface area contributed by atoms with Crippen LogP contribution in [0.15, 0.2) is 24.3 Å². The van der Waals surface area contributed by atoms with Crippen LogP contribution >= 0.6 is 0 Å². The number of nitrogens with zero attached hydrogens (tertiary/aromatic N) is 2. The van der Waals surface area contributed by atoms with Gasteiger partial charge in [0.1, 0.15) is 11.8 Å². The van der Waals surface area contributed by atoms with E-state index < -0.39 is 36.3 Å². The Bertz CT molecular complexity index is 1240. The Morgan fingerprint density at radius 1 is 0.980 bits per heavy atom. The molecule has 12 heteroatoms. The van der Waals surface area contributed by atoms with E-state index in [-0.39, 0.29) is 59.6 Å². The van der Waals surface area contributed by atoms with Crippen molar-refractivity contribution in [1.29, 1.82) is 0 Å². The largest absolute Gasteiger partial charge is 0.508 e. The quantitative estimate of drug-likeness (QED) is 0.162. The smallest absolute Gasteiger partial charge is 0.245 e. The van der Waals surface area contributed by atoms with Crippen molar-refractivity contribution in [3.05, 3.63) is 29.8 Å². The highest BCUT2D eigenvalue weighted by atomic mass is 16.5. The first kappa shape index (κ1) is 42.9. The summed E-state index contributed by atoms with van der Waals surface area (Å²) in [6, 6.07) is 5.13. The number of ether oxygens (including phenoxy) is 2. The van der Waals surface area contributed by atoms with Crippen LogP contribution in [0.1, 0.15) is 79.7 Å². The molecule has 12 nitrogen and oxygen atoms in total. The van der Waals surface area contributed by atoms with Gasteiger partial charge in [-0.1, -0.05) is 73.1 Å². The second-order valence-electron chi connectivity index (χ2n) is 14.5. The third kappa shape index (κ3) is 11.1. The van der Waals surface area contributed by atoms with Gasteiger partial charge in [0, 0.05) is 34.4 Å². The summed E-state index contributed by atoms with van der Waals surface area (Å²) in [5, 5.41) is 19.1. The Kier molecular flexibility index (Phi) is 17.7. The number of carbonyl (C=O) groups is 4. The van der Waals surface area contributed by atoms with Crippen molar-refractivity contribution in [1.82, 2.24) is 25.8 Å². The van der Waals surface area contributed by atoms with Gasteiger partial charge >= 0.3 is 0 Å². The van der Waals surface area contributed by atoms with Crippen LogP contribution in [0.4, 0.5) is 0 Å². The predicted molar refractivity (Wildman–Crippen MR) is 195 cm³/mol. The maximum atomic E-state index is 14.1. The summed E-state index contributed by atoms with van der Waals surface area (Å²) in [6.45, 7) is 14.5. The number of carbonyl (C=O) groups excluding carboxylic acids is 4. The van der Waals surface area contributed by atoms with Gasteiger partial charge in [-0.25, -0.2) is 0 Å². The van der Waals surface area contributed by atoms with Gasteiger partial charge in [-0.2, -0.15) is 0 Å². The van der Waals surface area contributed by atoms with E-state index in [2.05, 4.69) is 16.0 Å². The van der Waals surface area contributed by atoms with Crippen molar-refractivity contribution < 1.29 is 33.8 Å². The molecule has 0 aliphatic carbocycles. The molecule has 50 heavy (non-hydrogen) atoms. The Labute approximate surface area is 300 Å². The van der Waals surface area contributed by atoms with Gasteiger partial charge in [-0.05, 0) is 55.7 Å². The SMILES string of the molecule is CCC(C)C(C(CC(=O)N1CCCC1C(OC)C(C)C(=O)NCCc1ccccc1O)OC)N(C)C(=O)C(NC(=O)C(NC)C(C)C)C(C)C. The Morgan fingerprint density at radius 2 is 1.62 bits per heavy atom. The van der Waals surface area contributed by atoms with E-state index >= 15 is 0 Å². The first-order chi connectivity index (χ1) is 23.6. The van der Waals surface area contributed by atoms with E-state index in [1.54, 1.807) is 45.3 Å². The molecule has 1 saturated heterocycles. The molecule has 4 amide bonds. The lowest BCUT2D eigenvalue weighted by molar-refractivity contribution is -0.147. The van der Waals surface area contributed by atoms with Crippen LogP contribution in [0.2, 0.25) is 0 Å². The van der Waals surface area contributed by atoms with E-state index in [1.807, 2.05) is 65.5 Å². The molecule has 2 rings (SSSR count). The van der Waals surface area contributed by atoms with Crippen molar-refractivity contribution >= 4 is 23.6 Å². The zero-order valence-corrected chi connectivity index (χ0v) is 32.3. The van der Waals surface area contributed by atoms with Crippen molar-refractivity contribution in [2.24, 2.45) is 23.7 Å². The molecule has 0 bridgehead atoms. The molecule has 8 unspecified atom stereocenters. The van der Waals surface area contributed by atoms with Gasteiger partial charge < -0.3 is 40.3 Å². The molecule has 0 saturated carbocycles. The minimum Gasteiger partial charge on any atom is -0.508 e. The van der Waals surface area contributed by atoms with Crippen LogP contribution in [0.5, 0.6) is 5.75 Å². The highest BCUT2D eigenvalue weighted by molar-refractivity contribution is 5.90. The second-order valence-corrected chi connectivity index (χ2v) is 14.5.